The molecule has 1 aliphatic carbocycles. The third kappa shape index (κ3) is 4.05. The highest BCUT2D eigenvalue weighted by Gasteiger charge is 2.31. The topological polar surface area (TPSA) is 87.5 Å². The van der Waals surface area contributed by atoms with Gasteiger partial charge < -0.3 is 10.2 Å². The van der Waals surface area contributed by atoms with E-state index in [1.165, 1.54) is 0 Å². The summed E-state index contributed by atoms with van der Waals surface area (Å²) in [6.07, 6.45) is 4.07. The summed E-state index contributed by atoms with van der Waals surface area (Å²) >= 11 is 0. The number of carbonyl (C=O) groups excluding carboxylic acids is 2. The van der Waals surface area contributed by atoms with Crippen molar-refractivity contribution < 1.29 is 9.59 Å². The molecule has 1 atom stereocenters. The fourth-order valence-electron chi connectivity index (χ4n) is 4.28. The molecule has 0 aromatic carbocycles. The predicted molar refractivity (Wildman–Crippen MR) is 99.3 cm³/mol. The van der Waals surface area contributed by atoms with E-state index in [0.717, 1.165) is 56.6 Å². The zero-order valence-corrected chi connectivity index (χ0v) is 15.7. The normalized spacial score (nSPS) is 23.2. The molecule has 2 amide bonds. The first-order valence-electron chi connectivity index (χ1n) is 9.98. The Bertz CT molecular complexity index is 782. The number of piperazine rings is 1. The molecule has 1 aromatic rings. The third-order valence-corrected chi connectivity index (χ3v) is 5.93. The van der Waals surface area contributed by atoms with E-state index in [1.807, 2.05) is 4.90 Å². The Morgan fingerprint density at radius 3 is 2.74 bits per heavy atom. The Kier molecular flexibility index (Phi) is 5.24. The minimum atomic E-state index is -0.167. The zero-order chi connectivity index (χ0) is 18.8. The van der Waals surface area contributed by atoms with Crippen LogP contribution in [0, 0.1) is 5.92 Å². The second kappa shape index (κ2) is 7.80. The summed E-state index contributed by atoms with van der Waals surface area (Å²) in [5, 5.41) is 7.30. The number of hydrogen-bond acceptors (Lipinski definition) is 5. The van der Waals surface area contributed by atoms with Crippen molar-refractivity contribution in [3.05, 3.63) is 27.7 Å². The van der Waals surface area contributed by atoms with Crippen molar-refractivity contribution in [1.82, 2.24) is 24.9 Å². The van der Waals surface area contributed by atoms with Gasteiger partial charge in [0.15, 0.2) is 0 Å². The van der Waals surface area contributed by atoms with Crippen molar-refractivity contribution >= 4 is 11.8 Å². The lowest BCUT2D eigenvalue weighted by atomic mass is 9.95. The molecule has 4 rings (SSSR count). The van der Waals surface area contributed by atoms with Gasteiger partial charge in [-0.3, -0.25) is 19.3 Å². The number of aromatic nitrogens is 2. The molecule has 0 bridgehead atoms. The molecule has 0 radical (unpaired) electrons. The summed E-state index contributed by atoms with van der Waals surface area (Å²) in [6, 6.07) is 1.74. The van der Waals surface area contributed by atoms with Crippen LogP contribution < -0.4 is 10.9 Å². The highest BCUT2D eigenvalue weighted by Crippen LogP contribution is 2.18. The Morgan fingerprint density at radius 1 is 1.15 bits per heavy atom. The Labute approximate surface area is 158 Å². The summed E-state index contributed by atoms with van der Waals surface area (Å²) < 4.78 is 1.59. The van der Waals surface area contributed by atoms with Crippen molar-refractivity contribution in [3.8, 4) is 0 Å². The van der Waals surface area contributed by atoms with Crippen LogP contribution >= 0.6 is 0 Å². The van der Waals surface area contributed by atoms with Crippen LogP contribution in [0.1, 0.15) is 30.5 Å². The quantitative estimate of drug-likeness (QED) is 0.762. The molecule has 1 unspecified atom stereocenters. The van der Waals surface area contributed by atoms with Crippen molar-refractivity contribution in [2.45, 2.75) is 38.6 Å². The van der Waals surface area contributed by atoms with E-state index < -0.39 is 0 Å². The first kappa shape index (κ1) is 18.2. The number of nitrogens with one attached hydrogen (secondary N) is 1. The highest BCUT2D eigenvalue weighted by atomic mass is 16.2. The summed E-state index contributed by atoms with van der Waals surface area (Å²) in [5.41, 5.74) is 2.17. The molecular weight excluding hydrogens is 346 g/mol. The van der Waals surface area contributed by atoms with E-state index in [-0.39, 0.29) is 23.3 Å². The Morgan fingerprint density at radius 2 is 1.96 bits per heavy atom. The molecule has 1 aromatic heterocycles. The van der Waals surface area contributed by atoms with Gasteiger partial charge in [-0.1, -0.05) is 0 Å². The van der Waals surface area contributed by atoms with Crippen LogP contribution in [-0.4, -0.2) is 70.7 Å². The Balaban J connectivity index is 1.27. The number of piperidine rings is 1. The van der Waals surface area contributed by atoms with E-state index in [0.29, 0.717) is 32.6 Å². The predicted octanol–water partition coefficient (Wildman–Crippen LogP) is -0.598. The summed E-state index contributed by atoms with van der Waals surface area (Å²) in [6.45, 7) is 4.90. The van der Waals surface area contributed by atoms with E-state index in [1.54, 1.807) is 10.7 Å². The van der Waals surface area contributed by atoms with E-state index in [4.69, 9.17) is 0 Å². The number of nitrogens with zero attached hydrogens (tertiary/aromatic N) is 4. The lowest BCUT2D eigenvalue weighted by molar-refractivity contribution is -0.141. The van der Waals surface area contributed by atoms with Gasteiger partial charge in [0.1, 0.15) is 0 Å². The van der Waals surface area contributed by atoms with Crippen molar-refractivity contribution in [1.29, 1.82) is 0 Å². The fraction of sp³-hybridized carbons (Fsp3) is 0.684. The molecule has 2 saturated heterocycles. The average molecular weight is 373 g/mol. The lowest BCUT2D eigenvalue weighted by Gasteiger charge is -2.37. The van der Waals surface area contributed by atoms with Crippen molar-refractivity contribution in [3.63, 3.8) is 0 Å². The van der Waals surface area contributed by atoms with Crippen LogP contribution in [0.2, 0.25) is 0 Å². The first-order valence-corrected chi connectivity index (χ1v) is 9.98. The molecule has 3 heterocycles. The molecule has 8 nitrogen and oxygen atoms in total. The van der Waals surface area contributed by atoms with Gasteiger partial charge in [-0.15, -0.1) is 0 Å². The number of amides is 2. The number of carbonyl (C=O) groups is 2. The summed E-state index contributed by atoms with van der Waals surface area (Å²) in [7, 11) is 0. The maximum absolute atomic E-state index is 12.6. The first-order chi connectivity index (χ1) is 13.1. The molecule has 2 fully saturated rings. The highest BCUT2D eigenvalue weighted by molar-refractivity contribution is 5.87. The van der Waals surface area contributed by atoms with E-state index in [2.05, 4.69) is 15.3 Å². The van der Waals surface area contributed by atoms with E-state index >= 15 is 0 Å². The van der Waals surface area contributed by atoms with Gasteiger partial charge in [0, 0.05) is 57.7 Å². The number of fused-ring (bicyclic) bond motifs is 1. The van der Waals surface area contributed by atoms with Gasteiger partial charge >= 0.3 is 0 Å². The van der Waals surface area contributed by atoms with Gasteiger partial charge in [0.05, 0.1) is 12.2 Å². The molecule has 3 aliphatic rings. The average Bonchev–Trinajstić information content (AvgIpc) is 3.13. The largest absolute Gasteiger partial charge is 0.356 e. The third-order valence-electron chi connectivity index (χ3n) is 5.93. The maximum atomic E-state index is 12.6. The van der Waals surface area contributed by atoms with Crippen LogP contribution in [0.25, 0.3) is 0 Å². The molecule has 0 saturated carbocycles. The number of rotatable bonds is 4. The molecule has 1 N–H and O–H groups in total. The monoisotopic (exact) mass is 373 g/mol. The van der Waals surface area contributed by atoms with E-state index in [9.17, 15) is 14.4 Å². The maximum Gasteiger partial charge on any atom is 0.267 e. The zero-order valence-electron chi connectivity index (χ0n) is 15.7. The molecule has 8 heteroatoms. The summed E-state index contributed by atoms with van der Waals surface area (Å²) in [4.78, 5) is 40.5. The molecule has 146 valence electrons. The molecule has 2 aliphatic heterocycles. The molecule has 27 heavy (non-hydrogen) atoms. The summed E-state index contributed by atoms with van der Waals surface area (Å²) in [5.74, 6) is -0.0778. The Hall–Kier alpha value is -2.22. The second-order valence-corrected chi connectivity index (χ2v) is 7.74. The number of hydrogen-bond donors (Lipinski definition) is 1. The minimum Gasteiger partial charge on any atom is -0.356 e. The van der Waals surface area contributed by atoms with Crippen LogP contribution in [0.3, 0.4) is 0 Å². The molecular formula is C19H27N5O3. The minimum absolute atomic E-state index is 0.0139. The smallest absolute Gasteiger partial charge is 0.267 e. The number of aryl methyl sites for hydroxylation is 2. The van der Waals surface area contributed by atoms with Gasteiger partial charge in [-0.25, -0.2) is 4.68 Å². The lowest BCUT2D eigenvalue weighted by Crippen LogP contribution is -2.52. The van der Waals surface area contributed by atoms with Crippen molar-refractivity contribution in [2.24, 2.45) is 5.92 Å². The van der Waals surface area contributed by atoms with Gasteiger partial charge in [0.2, 0.25) is 11.8 Å². The SMILES string of the molecule is O=C1CC(C(=O)N2CCN(CCn3nc4c(cc3=O)CCC4)CC2)CCN1. The second-order valence-electron chi connectivity index (χ2n) is 7.74. The van der Waals surface area contributed by atoms with Gasteiger partial charge in [0.25, 0.3) is 5.56 Å². The van der Waals surface area contributed by atoms with Gasteiger partial charge in [-0.05, 0) is 31.2 Å². The van der Waals surface area contributed by atoms with Crippen molar-refractivity contribution in [2.75, 3.05) is 39.3 Å². The van der Waals surface area contributed by atoms with Gasteiger partial charge in [-0.2, -0.15) is 5.10 Å². The van der Waals surface area contributed by atoms with Crippen LogP contribution in [0.4, 0.5) is 0 Å². The fourth-order valence-corrected chi connectivity index (χ4v) is 4.28. The standard InChI is InChI=1S/C19H27N5O3/c25-17-12-15(4-5-20-17)19(27)23-9-6-22(7-10-23)8-11-24-18(26)13-14-2-1-3-16(14)21-24/h13,15H,1-12H2,(H,20,25). The molecule has 0 spiro atoms. The van der Waals surface area contributed by atoms with Crippen LogP contribution in [-0.2, 0) is 29.0 Å². The van der Waals surface area contributed by atoms with Crippen LogP contribution in [0.15, 0.2) is 10.9 Å². The van der Waals surface area contributed by atoms with Crippen LogP contribution in [0.5, 0.6) is 0 Å².